The summed E-state index contributed by atoms with van der Waals surface area (Å²) in [7, 11) is 0. The Balaban J connectivity index is 1.60. The van der Waals surface area contributed by atoms with Crippen molar-refractivity contribution >= 4 is 11.9 Å². The van der Waals surface area contributed by atoms with Gasteiger partial charge in [-0.2, -0.15) is 0 Å². The molecule has 0 heterocycles. The molecule has 0 aromatic heterocycles. The van der Waals surface area contributed by atoms with Crippen LogP contribution in [-0.2, 0) is 9.59 Å². The van der Waals surface area contributed by atoms with Gasteiger partial charge in [0.2, 0.25) is 5.91 Å². The van der Waals surface area contributed by atoms with Crippen LogP contribution in [0.15, 0.2) is 30.4 Å². The molecule has 2 saturated carbocycles. The van der Waals surface area contributed by atoms with Gasteiger partial charge < -0.3 is 10.4 Å². The number of aliphatic carboxylic acids is 1. The average molecular weight is 349 g/mol. The summed E-state index contributed by atoms with van der Waals surface area (Å²) in [6.07, 6.45) is 2.64. The maximum atomic E-state index is 13.5. The van der Waals surface area contributed by atoms with Crippen molar-refractivity contribution in [1.29, 1.82) is 0 Å². The van der Waals surface area contributed by atoms with E-state index < -0.39 is 23.6 Å². The SMILES string of the molecule is C=C(C)C(NC(=O)C1CC2(CC(C(=O)O)C2)C1)c1ccc(F)c(F)c1. The first-order valence-corrected chi connectivity index (χ1v) is 8.34. The molecule has 4 nitrogen and oxygen atoms in total. The molecular formula is C19H21F2NO3. The van der Waals surface area contributed by atoms with E-state index in [1.165, 1.54) is 6.07 Å². The van der Waals surface area contributed by atoms with Crippen LogP contribution in [0.25, 0.3) is 0 Å². The number of amides is 1. The Hall–Kier alpha value is -2.24. The molecule has 2 aliphatic carbocycles. The fraction of sp³-hybridized carbons (Fsp3) is 0.474. The van der Waals surface area contributed by atoms with Crippen LogP contribution in [0.2, 0.25) is 0 Å². The zero-order chi connectivity index (χ0) is 18.4. The zero-order valence-electron chi connectivity index (χ0n) is 14.0. The van der Waals surface area contributed by atoms with E-state index in [2.05, 4.69) is 11.9 Å². The van der Waals surface area contributed by atoms with E-state index in [1.54, 1.807) is 6.92 Å². The minimum atomic E-state index is -0.963. The highest BCUT2D eigenvalue weighted by molar-refractivity contribution is 5.81. The summed E-state index contributed by atoms with van der Waals surface area (Å²) in [6.45, 7) is 5.55. The van der Waals surface area contributed by atoms with Gasteiger partial charge in [0.05, 0.1) is 12.0 Å². The first kappa shape index (κ1) is 17.6. The number of carboxylic acid groups (broad SMARTS) is 1. The first-order chi connectivity index (χ1) is 11.7. The molecule has 1 atom stereocenters. The highest BCUT2D eigenvalue weighted by Gasteiger charge is 2.56. The van der Waals surface area contributed by atoms with E-state index >= 15 is 0 Å². The van der Waals surface area contributed by atoms with E-state index in [9.17, 15) is 18.4 Å². The standard InChI is InChI=1S/C19H21F2NO3/c1-10(2)16(11-3-4-14(20)15(21)5-11)22-17(23)12-6-19(7-12)8-13(9-19)18(24)25/h3-5,12-13,16H,1,6-9H2,2H3,(H,22,23)(H,24,25). The van der Waals surface area contributed by atoms with Crippen molar-refractivity contribution in [2.75, 3.05) is 0 Å². The summed E-state index contributed by atoms with van der Waals surface area (Å²) in [5.41, 5.74) is 1.08. The predicted molar refractivity (Wildman–Crippen MR) is 87.6 cm³/mol. The number of nitrogens with one attached hydrogen (secondary N) is 1. The molecule has 134 valence electrons. The molecule has 1 unspecified atom stereocenters. The van der Waals surface area contributed by atoms with Crippen molar-refractivity contribution in [2.45, 2.75) is 38.6 Å². The largest absolute Gasteiger partial charge is 0.481 e. The molecule has 25 heavy (non-hydrogen) atoms. The maximum absolute atomic E-state index is 13.5. The third kappa shape index (κ3) is 3.30. The Morgan fingerprint density at radius 3 is 2.32 bits per heavy atom. The molecule has 2 fully saturated rings. The minimum absolute atomic E-state index is 0.00572. The Morgan fingerprint density at radius 1 is 1.20 bits per heavy atom. The van der Waals surface area contributed by atoms with Crippen molar-refractivity contribution in [1.82, 2.24) is 5.32 Å². The third-order valence-corrected chi connectivity index (χ3v) is 5.49. The Kier molecular flexibility index (Phi) is 4.39. The lowest BCUT2D eigenvalue weighted by molar-refractivity contribution is -0.161. The Labute approximate surface area is 144 Å². The Bertz CT molecular complexity index is 732. The highest BCUT2D eigenvalue weighted by Crippen LogP contribution is 2.61. The quantitative estimate of drug-likeness (QED) is 0.799. The minimum Gasteiger partial charge on any atom is -0.481 e. The van der Waals surface area contributed by atoms with Gasteiger partial charge in [-0.3, -0.25) is 9.59 Å². The van der Waals surface area contributed by atoms with Crippen LogP contribution in [0, 0.1) is 28.9 Å². The molecule has 0 radical (unpaired) electrons. The molecule has 1 spiro atoms. The number of hydrogen-bond donors (Lipinski definition) is 2. The van der Waals surface area contributed by atoms with Crippen LogP contribution in [0.4, 0.5) is 8.78 Å². The van der Waals surface area contributed by atoms with Gasteiger partial charge in [-0.05, 0) is 55.7 Å². The number of benzene rings is 1. The number of rotatable bonds is 5. The third-order valence-electron chi connectivity index (χ3n) is 5.49. The van der Waals surface area contributed by atoms with Crippen LogP contribution < -0.4 is 5.32 Å². The maximum Gasteiger partial charge on any atom is 0.306 e. The van der Waals surface area contributed by atoms with Gasteiger partial charge in [-0.15, -0.1) is 0 Å². The second-order valence-electron chi connectivity index (χ2n) is 7.51. The highest BCUT2D eigenvalue weighted by atomic mass is 19.2. The van der Waals surface area contributed by atoms with E-state index in [-0.39, 0.29) is 23.2 Å². The molecule has 3 rings (SSSR count). The molecule has 0 saturated heterocycles. The molecule has 1 amide bonds. The van der Waals surface area contributed by atoms with Crippen LogP contribution >= 0.6 is 0 Å². The first-order valence-electron chi connectivity index (χ1n) is 8.34. The summed E-state index contributed by atoms with van der Waals surface area (Å²) in [6, 6.07) is 2.96. The molecular weight excluding hydrogens is 328 g/mol. The van der Waals surface area contributed by atoms with Gasteiger partial charge in [0.25, 0.3) is 0 Å². The number of hydrogen-bond acceptors (Lipinski definition) is 2. The van der Waals surface area contributed by atoms with E-state index in [0.717, 1.165) is 12.1 Å². The van der Waals surface area contributed by atoms with Crippen molar-refractivity contribution in [3.05, 3.63) is 47.5 Å². The fourth-order valence-corrected chi connectivity index (χ4v) is 4.11. The second-order valence-corrected chi connectivity index (χ2v) is 7.51. The van der Waals surface area contributed by atoms with Gasteiger partial charge in [0.15, 0.2) is 11.6 Å². The van der Waals surface area contributed by atoms with E-state index in [1.807, 2.05) is 0 Å². The lowest BCUT2D eigenvalue weighted by atomic mass is 9.48. The average Bonchev–Trinajstić information content (AvgIpc) is 2.44. The number of carbonyl (C=O) groups is 2. The number of halogens is 2. The van der Waals surface area contributed by atoms with Crippen LogP contribution in [0.1, 0.15) is 44.2 Å². The topological polar surface area (TPSA) is 66.4 Å². The molecule has 2 aliphatic rings. The number of carbonyl (C=O) groups excluding carboxylic acids is 1. The van der Waals surface area contributed by atoms with Crippen LogP contribution in [0.5, 0.6) is 0 Å². The van der Waals surface area contributed by atoms with Gasteiger partial charge in [-0.25, -0.2) is 8.78 Å². The lowest BCUT2D eigenvalue weighted by Crippen LogP contribution is -2.53. The summed E-state index contributed by atoms with van der Waals surface area (Å²) >= 11 is 0. The molecule has 0 bridgehead atoms. The monoisotopic (exact) mass is 349 g/mol. The van der Waals surface area contributed by atoms with Gasteiger partial charge in [-0.1, -0.05) is 18.2 Å². The lowest BCUT2D eigenvalue weighted by Gasteiger charge is -2.56. The molecule has 1 aromatic rings. The van der Waals surface area contributed by atoms with Crippen molar-refractivity contribution in [2.24, 2.45) is 17.3 Å². The van der Waals surface area contributed by atoms with E-state index in [0.29, 0.717) is 36.8 Å². The summed E-state index contributed by atoms with van der Waals surface area (Å²) in [5, 5.41) is 11.8. The summed E-state index contributed by atoms with van der Waals surface area (Å²) < 4.78 is 26.6. The van der Waals surface area contributed by atoms with Gasteiger partial charge in [0, 0.05) is 5.92 Å². The molecule has 6 heteroatoms. The smallest absolute Gasteiger partial charge is 0.306 e. The second kappa shape index (κ2) is 6.24. The van der Waals surface area contributed by atoms with Crippen molar-refractivity contribution in [3.8, 4) is 0 Å². The van der Waals surface area contributed by atoms with Crippen LogP contribution in [-0.4, -0.2) is 17.0 Å². The zero-order valence-corrected chi connectivity index (χ0v) is 14.0. The number of carboxylic acids is 1. The van der Waals surface area contributed by atoms with Crippen molar-refractivity contribution in [3.63, 3.8) is 0 Å². The van der Waals surface area contributed by atoms with Crippen LogP contribution in [0.3, 0.4) is 0 Å². The summed E-state index contributed by atoms with van der Waals surface area (Å²) in [4.78, 5) is 23.4. The predicted octanol–water partition coefficient (Wildman–Crippen LogP) is 3.59. The van der Waals surface area contributed by atoms with Crippen molar-refractivity contribution < 1.29 is 23.5 Å². The van der Waals surface area contributed by atoms with Gasteiger partial charge in [0.1, 0.15) is 0 Å². The Morgan fingerprint density at radius 2 is 1.80 bits per heavy atom. The molecule has 0 aliphatic heterocycles. The summed E-state index contributed by atoms with van der Waals surface area (Å²) in [5.74, 6) is -3.26. The van der Waals surface area contributed by atoms with E-state index in [4.69, 9.17) is 5.11 Å². The molecule has 1 aromatic carbocycles. The van der Waals surface area contributed by atoms with Gasteiger partial charge >= 0.3 is 5.97 Å². The molecule has 2 N–H and O–H groups in total. The fourth-order valence-electron chi connectivity index (χ4n) is 4.11. The normalized spacial score (nSPS) is 28.6.